The molecule has 6 aliphatic rings. The van der Waals surface area contributed by atoms with Crippen molar-refractivity contribution >= 4 is 0 Å². The zero-order valence-electron chi connectivity index (χ0n) is 17.2. The van der Waals surface area contributed by atoms with E-state index in [-0.39, 0.29) is 41.7 Å². The van der Waals surface area contributed by atoms with E-state index in [0.29, 0.717) is 17.8 Å². The number of aliphatic hydroxyl groups is 2. The van der Waals surface area contributed by atoms with Crippen molar-refractivity contribution in [3.8, 4) is 0 Å². The van der Waals surface area contributed by atoms with Crippen LogP contribution in [0.15, 0.2) is 12.2 Å². The lowest BCUT2D eigenvalue weighted by atomic mass is 9.35. The van der Waals surface area contributed by atoms with Gasteiger partial charge in [-0.2, -0.15) is 0 Å². The highest BCUT2D eigenvalue weighted by atomic mass is 16.7. The minimum atomic E-state index is -0.602. The first-order chi connectivity index (χ1) is 12.7. The van der Waals surface area contributed by atoms with Crippen molar-refractivity contribution in [1.29, 1.82) is 0 Å². The lowest BCUT2D eigenvalue weighted by Gasteiger charge is -2.74. The van der Waals surface area contributed by atoms with Crippen LogP contribution in [-0.4, -0.2) is 41.4 Å². The summed E-state index contributed by atoms with van der Waals surface area (Å²) in [5.74, 6) is 0.599. The number of ether oxygens (including phenoxy) is 2. The molecule has 0 radical (unpaired) electrons. The van der Waals surface area contributed by atoms with Crippen LogP contribution in [-0.2, 0) is 9.47 Å². The van der Waals surface area contributed by atoms with Crippen molar-refractivity contribution in [1.82, 2.24) is 0 Å². The Labute approximate surface area is 163 Å². The second-order valence-electron chi connectivity index (χ2n) is 11.1. The summed E-state index contributed by atoms with van der Waals surface area (Å²) in [6.45, 7) is 11.2. The molecular weight excluding hydrogens is 340 g/mol. The van der Waals surface area contributed by atoms with Gasteiger partial charge in [-0.15, -0.1) is 0 Å². The Morgan fingerprint density at radius 2 is 1.78 bits per heavy atom. The van der Waals surface area contributed by atoms with Crippen molar-refractivity contribution in [2.45, 2.75) is 83.7 Å². The highest BCUT2D eigenvalue weighted by molar-refractivity contribution is 5.30. The molecule has 0 aromatic heterocycles. The number of aliphatic hydroxyl groups excluding tert-OH is 2. The third-order valence-corrected chi connectivity index (χ3v) is 9.60. The lowest BCUT2D eigenvalue weighted by molar-refractivity contribution is -0.397. The minimum Gasteiger partial charge on any atom is -0.396 e. The molecular formula is C23H36O4. The Morgan fingerprint density at radius 3 is 2.48 bits per heavy atom. The van der Waals surface area contributed by atoms with E-state index >= 15 is 0 Å². The smallest absolute Gasteiger partial charge is 0.163 e. The second-order valence-corrected chi connectivity index (χ2v) is 11.1. The maximum Gasteiger partial charge on any atom is 0.163 e. The Bertz CT molecular complexity index is 659. The van der Waals surface area contributed by atoms with Gasteiger partial charge in [-0.3, -0.25) is 0 Å². The summed E-state index contributed by atoms with van der Waals surface area (Å²) in [6.07, 6.45) is 7.72. The van der Waals surface area contributed by atoms with Crippen LogP contribution < -0.4 is 0 Å². The van der Waals surface area contributed by atoms with Gasteiger partial charge in [0.05, 0.1) is 12.2 Å². The fourth-order valence-electron chi connectivity index (χ4n) is 8.47. The van der Waals surface area contributed by atoms with Crippen LogP contribution in [0.4, 0.5) is 0 Å². The predicted molar refractivity (Wildman–Crippen MR) is 103 cm³/mol. The van der Waals surface area contributed by atoms with Gasteiger partial charge < -0.3 is 19.7 Å². The van der Waals surface area contributed by atoms with E-state index in [1.807, 2.05) is 13.8 Å². The molecule has 0 aromatic carbocycles. The van der Waals surface area contributed by atoms with E-state index in [1.165, 1.54) is 12.0 Å². The maximum absolute atomic E-state index is 10.8. The molecule has 5 saturated carbocycles. The highest BCUT2D eigenvalue weighted by Gasteiger charge is 2.73. The van der Waals surface area contributed by atoms with Crippen molar-refractivity contribution in [2.75, 3.05) is 13.2 Å². The molecule has 4 heteroatoms. The Balaban J connectivity index is 1.68. The monoisotopic (exact) mass is 376 g/mol. The average molecular weight is 377 g/mol. The van der Waals surface area contributed by atoms with E-state index in [9.17, 15) is 10.2 Å². The molecule has 4 nitrogen and oxygen atoms in total. The van der Waals surface area contributed by atoms with Crippen LogP contribution in [0.1, 0.15) is 65.7 Å². The van der Waals surface area contributed by atoms with Crippen LogP contribution in [0.3, 0.4) is 0 Å². The predicted octanol–water partition coefficient (Wildman–Crippen LogP) is 3.66. The van der Waals surface area contributed by atoms with Crippen LogP contribution in [0, 0.1) is 34.0 Å². The highest BCUT2D eigenvalue weighted by Crippen LogP contribution is 2.74. The van der Waals surface area contributed by atoms with E-state index in [2.05, 4.69) is 13.5 Å². The number of fused-ring (bicyclic) bond motifs is 2. The van der Waals surface area contributed by atoms with Gasteiger partial charge in [0.25, 0.3) is 0 Å². The van der Waals surface area contributed by atoms with Crippen molar-refractivity contribution in [3.05, 3.63) is 12.2 Å². The number of hydrogen-bond acceptors (Lipinski definition) is 4. The Morgan fingerprint density at radius 1 is 1.00 bits per heavy atom. The SMILES string of the molecule is C=C1C2CCC34C1OC(C)(C)O[C@@H]3CC1C(CO)(CCC[C@@]1(C)CO)C4C2. The molecule has 6 unspecified atom stereocenters. The van der Waals surface area contributed by atoms with Crippen LogP contribution in [0.2, 0.25) is 0 Å². The second kappa shape index (κ2) is 5.59. The average Bonchev–Trinajstić information content (AvgIpc) is 2.64. The molecule has 1 saturated heterocycles. The van der Waals surface area contributed by atoms with Crippen molar-refractivity contribution in [2.24, 2.45) is 34.0 Å². The summed E-state index contributed by atoms with van der Waals surface area (Å²) in [4.78, 5) is 0. The van der Waals surface area contributed by atoms with Gasteiger partial charge >= 0.3 is 0 Å². The summed E-state index contributed by atoms with van der Waals surface area (Å²) in [6, 6.07) is 0. The number of rotatable bonds is 2. The first-order valence-corrected chi connectivity index (χ1v) is 11.0. The van der Waals surface area contributed by atoms with E-state index in [4.69, 9.17) is 9.47 Å². The fraction of sp³-hybridized carbons (Fsp3) is 0.913. The van der Waals surface area contributed by atoms with Crippen molar-refractivity contribution in [3.63, 3.8) is 0 Å². The first kappa shape index (κ1) is 18.6. The molecule has 1 aliphatic heterocycles. The molecule has 1 spiro atoms. The zero-order chi connectivity index (χ0) is 19.2. The molecule has 1 heterocycles. The van der Waals surface area contributed by atoms with Gasteiger partial charge in [0.1, 0.15) is 0 Å². The van der Waals surface area contributed by atoms with Crippen molar-refractivity contribution < 1.29 is 19.7 Å². The number of hydrogen-bond donors (Lipinski definition) is 2. The van der Waals surface area contributed by atoms with Gasteiger partial charge in [0.2, 0.25) is 0 Å². The first-order valence-electron chi connectivity index (χ1n) is 11.0. The van der Waals surface area contributed by atoms with E-state index in [1.54, 1.807) is 0 Å². The van der Waals surface area contributed by atoms with Gasteiger partial charge in [0.15, 0.2) is 5.79 Å². The minimum absolute atomic E-state index is 0.0473. The summed E-state index contributed by atoms with van der Waals surface area (Å²) in [5.41, 5.74) is 0.982. The van der Waals surface area contributed by atoms with Gasteiger partial charge in [-0.1, -0.05) is 19.9 Å². The lowest BCUT2D eigenvalue weighted by Crippen LogP contribution is -2.75. The summed E-state index contributed by atoms with van der Waals surface area (Å²) in [5, 5.41) is 21.1. The molecule has 6 rings (SSSR count). The fourth-order valence-corrected chi connectivity index (χ4v) is 8.47. The third kappa shape index (κ3) is 2.14. The van der Waals surface area contributed by atoms with Crippen LogP contribution in [0.5, 0.6) is 0 Å². The van der Waals surface area contributed by atoms with Gasteiger partial charge in [0, 0.05) is 24.0 Å². The van der Waals surface area contributed by atoms with Gasteiger partial charge in [-0.25, -0.2) is 0 Å². The quantitative estimate of drug-likeness (QED) is 0.722. The summed E-state index contributed by atoms with van der Waals surface area (Å²) >= 11 is 0. The molecule has 0 amide bonds. The maximum atomic E-state index is 10.8. The zero-order valence-corrected chi connectivity index (χ0v) is 17.2. The topological polar surface area (TPSA) is 58.9 Å². The standard InChI is InChI=1S/C23H36O4/c1-14-15-6-9-23-17(10-15)22(13-25)8-5-7-21(4,12-24)16(22)11-18(23)26-20(2,3)27-19(14)23/h15-19,24-25H,1,5-13H2,2-4H3/t15?,16?,17?,18-,19?,21+,22?,23?/m1/s1. The summed E-state index contributed by atoms with van der Waals surface area (Å²) < 4.78 is 13.2. The van der Waals surface area contributed by atoms with Crippen LogP contribution in [0.25, 0.3) is 0 Å². The summed E-state index contributed by atoms with van der Waals surface area (Å²) in [7, 11) is 0. The molecule has 152 valence electrons. The van der Waals surface area contributed by atoms with Gasteiger partial charge in [-0.05, 0) is 81.1 Å². The normalized spacial score (nSPS) is 55.7. The molecule has 5 aliphatic carbocycles. The molecule has 2 N–H and O–H groups in total. The molecule has 8 atom stereocenters. The molecule has 6 fully saturated rings. The van der Waals surface area contributed by atoms with E-state index < -0.39 is 5.79 Å². The molecule has 2 bridgehead atoms. The van der Waals surface area contributed by atoms with E-state index in [0.717, 1.165) is 38.5 Å². The molecule has 0 aromatic rings. The molecule has 27 heavy (non-hydrogen) atoms. The Kier molecular flexibility index (Phi) is 3.85. The Hall–Kier alpha value is -0.420. The third-order valence-electron chi connectivity index (χ3n) is 9.60. The van der Waals surface area contributed by atoms with Crippen LogP contribution >= 0.6 is 0 Å². The largest absolute Gasteiger partial charge is 0.396 e.